The topological polar surface area (TPSA) is 111 Å². The highest BCUT2D eigenvalue weighted by molar-refractivity contribution is 4.52. The van der Waals surface area contributed by atoms with Gasteiger partial charge in [0.2, 0.25) is 0 Å². The Morgan fingerprint density at radius 2 is 0.933 bits per heavy atom. The van der Waals surface area contributed by atoms with Crippen LogP contribution in [0.2, 0.25) is 0 Å². The summed E-state index contributed by atoms with van der Waals surface area (Å²) in [7, 11) is 0. The van der Waals surface area contributed by atoms with Crippen molar-refractivity contribution in [1.29, 1.82) is 0 Å². The first-order valence-corrected chi connectivity index (χ1v) is 5.73. The van der Waals surface area contributed by atoms with E-state index in [9.17, 15) is 0 Å². The van der Waals surface area contributed by atoms with Crippen LogP contribution in [0.1, 0.15) is 25.7 Å². The first kappa shape index (κ1) is 17.2. The van der Waals surface area contributed by atoms with E-state index >= 15 is 0 Å². The first-order chi connectivity index (χ1) is 6.91. The molecule has 0 unspecified atom stereocenters. The summed E-state index contributed by atoms with van der Waals surface area (Å²) in [6.07, 6.45) is 4.63. The van der Waals surface area contributed by atoms with Crippen LogP contribution in [0.5, 0.6) is 0 Å². The largest absolute Gasteiger partial charge is 0.344 e. The van der Waals surface area contributed by atoms with Gasteiger partial charge in [0, 0.05) is 0 Å². The Bertz CT molecular complexity index is 87.8. The molecule has 0 rings (SSSR count). The van der Waals surface area contributed by atoms with E-state index in [0.717, 1.165) is 52.1 Å². The summed E-state index contributed by atoms with van der Waals surface area (Å²) < 4.78 is 0. The van der Waals surface area contributed by atoms with Crippen LogP contribution in [0.25, 0.3) is 0 Å². The van der Waals surface area contributed by atoms with Crippen LogP contribution in [-0.2, 0) is 0 Å². The maximum atomic E-state index is 5.38. The van der Waals surface area contributed by atoms with Gasteiger partial charge in [-0.15, -0.1) is 0 Å². The molecule has 5 heteroatoms. The molecule has 0 heterocycles. The molecule has 0 aromatic carbocycles. The number of nitrogens with two attached hydrogens (primary N) is 2. The molecule has 0 aromatic heterocycles. The number of rotatable bonds is 11. The minimum Gasteiger partial charge on any atom is -0.344 e. The Hall–Kier alpha value is -0.200. The van der Waals surface area contributed by atoms with Gasteiger partial charge in [0.1, 0.15) is 0 Å². The van der Waals surface area contributed by atoms with Gasteiger partial charge in [-0.1, -0.05) is 0 Å². The van der Waals surface area contributed by atoms with Crippen molar-refractivity contribution in [2.24, 2.45) is 11.5 Å². The van der Waals surface area contributed by atoms with E-state index in [4.69, 9.17) is 11.5 Å². The average molecular weight is 219 g/mol. The molecule has 94 valence electrons. The third kappa shape index (κ3) is 16.5. The van der Waals surface area contributed by atoms with Crippen LogP contribution >= 0.6 is 0 Å². The van der Waals surface area contributed by atoms with Crippen molar-refractivity contribution < 1.29 is 0 Å². The van der Waals surface area contributed by atoms with Gasteiger partial charge in [-0.2, -0.15) is 0 Å². The van der Waals surface area contributed by atoms with Crippen LogP contribution < -0.4 is 28.3 Å². The molecule has 0 aliphatic rings. The molecular formula is C10H29N5. The molecule has 0 spiro atoms. The average Bonchev–Trinajstić information content (AvgIpc) is 2.21. The fourth-order valence-electron chi connectivity index (χ4n) is 1.20. The normalized spacial score (nSPS) is 10.0. The van der Waals surface area contributed by atoms with Crippen LogP contribution in [0, 0.1) is 0 Å². The van der Waals surface area contributed by atoms with Gasteiger partial charge in [0.15, 0.2) is 0 Å². The molecule has 0 amide bonds. The van der Waals surface area contributed by atoms with Crippen molar-refractivity contribution in [1.82, 2.24) is 16.8 Å². The predicted octanol–water partition coefficient (Wildman–Crippen LogP) is -0.195. The highest BCUT2D eigenvalue weighted by Crippen LogP contribution is 1.84. The Morgan fingerprint density at radius 3 is 1.27 bits per heavy atom. The lowest BCUT2D eigenvalue weighted by Crippen LogP contribution is -2.22. The summed E-state index contributed by atoms with van der Waals surface area (Å²) in [5.41, 5.74) is 10.8. The third-order valence-electron chi connectivity index (χ3n) is 2.07. The molecular weight excluding hydrogens is 190 g/mol. The second-order valence-electron chi connectivity index (χ2n) is 3.49. The van der Waals surface area contributed by atoms with Crippen LogP contribution in [0.4, 0.5) is 0 Å². The monoisotopic (exact) mass is 219 g/mol. The van der Waals surface area contributed by atoms with Gasteiger partial charge >= 0.3 is 0 Å². The van der Waals surface area contributed by atoms with Crippen LogP contribution in [-0.4, -0.2) is 39.3 Å². The van der Waals surface area contributed by atoms with Gasteiger partial charge in [-0.3, -0.25) is 0 Å². The number of hydrogen-bond acceptors (Lipinski definition) is 5. The summed E-state index contributed by atoms with van der Waals surface area (Å²) in [4.78, 5) is 0. The Labute approximate surface area is 93.9 Å². The van der Waals surface area contributed by atoms with Crippen molar-refractivity contribution in [3.8, 4) is 0 Å². The fourth-order valence-corrected chi connectivity index (χ4v) is 1.20. The lowest BCUT2D eigenvalue weighted by Gasteiger charge is -2.04. The quantitative estimate of drug-likeness (QED) is 0.309. The molecule has 0 saturated carbocycles. The summed E-state index contributed by atoms with van der Waals surface area (Å²) in [6, 6.07) is 0. The minimum absolute atomic E-state index is 0. The van der Waals surface area contributed by atoms with Crippen molar-refractivity contribution in [2.45, 2.75) is 25.7 Å². The van der Waals surface area contributed by atoms with Crippen molar-refractivity contribution >= 4 is 0 Å². The van der Waals surface area contributed by atoms with E-state index in [1.807, 2.05) is 0 Å². The minimum atomic E-state index is 0. The standard InChI is InChI=1S/C10H26N4.H3N/c11-5-3-9-13-7-1-2-8-14-10-4-6-12;/h13-14H,1-12H2;1H3. The zero-order valence-corrected chi connectivity index (χ0v) is 9.93. The number of unbranched alkanes of at least 4 members (excludes halogenated alkanes) is 1. The maximum absolute atomic E-state index is 5.38. The molecule has 5 nitrogen and oxygen atoms in total. The second-order valence-corrected chi connectivity index (χ2v) is 3.49. The predicted molar refractivity (Wildman–Crippen MR) is 67.3 cm³/mol. The summed E-state index contributed by atoms with van der Waals surface area (Å²) in [6.45, 7) is 5.90. The summed E-state index contributed by atoms with van der Waals surface area (Å²) in [5.74, 6) is 0. The van der Waals surface area contributed by atoms with E-state index in [2.05, 4.69) is 10.6 Å². The fraction of sp³-hybridized carbons (Fsp3) is 1.00. The van der Waals surface area contributed by atoms with Crippen molar-refractivity contribution in [3.63, 3.8) is 0 Å². The lowest BCUT2D eigenvalue weighted by atomic mass is 10.3. The molecule has 0 aliphatic heterocycles. The molecule has 0 saturated heterocycles. The van der Waals surface area contributed by atoms with Gasteiger partial charge < -0.3 is 28.3 Å². The molecule has 0 fully saturated rings. The summed E-state index contributed by atoms with van der Waals surface area (Å²) in [5, 5.41) is 6.72. The Morgan fingerprint density at radius 1 is 0.600 bits per heavy atom. The van der Waals surface area contributed by atoms with Gasteiger partial charge in [0.05, 0.1) is 0 Å². The lowest BCUT2D eigenvalue weighted by molar-refractivity contribution is 0.570. The highest BCUT2D eigenvalue weighted by atomic mass is 14.9. The second kappa shape index (κ2) is 16.2. The van der Waals surface area contributed by atoms with Crippen molar-refractivity contribution in [3.05, 3.63) is 0 Å². The smallest absolute Gasteiger partial charge is 0.00369 e. The van der Waals surface area contributed by atoms with Crippen molar-refractivity contribution in [2.75, 3.05) is 39.3 Å². The number of hydrogen-bond donors (Lipinski definition) is 5. The van der Waals surface area contributed by atoms with Gasteiger partial charge in [0.25, 0.3) is 0 Å². The van der Waals surface area contributed by atoms with E-state index < -0.39 is 0 Å². The van der Waals surface area contributed by atoms with E-state index in [1.54, 1.807) is 0 Å². The highest BCUT2D eigenvalue weighted by Gasteiger charge is 1.89. The van der Waals surface area contributed by atoms with E-state index in [0.29, 0.717) is 0 Å². The maximum Gasteiger partial charge on any atom is -0.00369 e. The molecule has 9 N–H and O–H groups in total. The van der Waals surface area contributed by atoms with Crippen LogP contribution in [0.15, 0.2) is 0 Å². The molecule has 0 aliphatic carbocycles. The SMILES string of the molecule is N.NCCCNCCCCNCCCN. The zero-order chi connectivity index (χ0) is 10.5. The molecule has 15 heavy (non-hydrogen) atoms. The Balaban J connectivity index is 0. The summed E-state index contributed by atoms with van der Waals surface area (Å²) >= 11 is 0. The van der Waals surface area contributed by atoms with E-state index in [-0.39, 0.29) is 6.15 Å². The van der Waals surface area contributed by atoms with Crippen LogP contribution in [0.3, 0.4) is 0 Å². The zero-order valence-electron chi connectivity index (χ0n) is 9.93. The first-order valence-electron chi connectivity index (χ1n) is 5.73. The van der Waals surface area contributed by atoms with Gasteiger partial charge in [-0.25, -0.2) is 0 Å². The molecule has 0 bridgehead atoms. The molecule has 0 atom stereocenters. The third-order valence-corrected chi connectivity index (χ3v) is 2.07. The Kier molecular flexibility index (Phi) is 18.6. The molecule has 0 aromatic rings. The van der Waals surface area contributed by atoms with E-state index in [1.165, 1.54) is 12.8 Å². The van der Waals surface area contributed by atoms with Gasteiger partial charge in [-0.05, 0) is 65.0 Å². The molecule has 0 radical (unpaired) electrons. The number of nitrogens with one attached hydrogen (secondary N) is 2.